The topological polar surface area (TPSA) is 93.7 Å². The van der Waals surface area contributed by atoms with Crippen molar-refractivity contribution in [2.24, 2.45) is 0 Å². The number of rotatable bonds is 6. The van der Waals surface area contributed by atoms with Gasteiger partial charge in [-0.3, -0.25) is 0 Å². The fourth-order valence-corrected chi connectivity index (χ4v) is 3.51. The molecule has 1 unspecified atom stereocenters. The minimum atomic E-state index is -1.38. The van der Waals surface area contributed by atoms with E-state index in [-0.39, 0.29) is 18.4 Å². The SMILES string of the molecule is CCOCC1CCCc2[nH]c3cnc(OC(=O)O)c(COC)c3c21. The number of hydrogen-bond acceptors (Lipinski definition) is 5. The molecule has 2 heterocycles. The molecule has 7 heteroatoms. The zero-order valence-corrected chi connectivity index (χ0v) is 13.9. The number of pyridine rings is 1. The first-order valence-corrected chi connectivity index (χ1v) is 8.15. The Hall–Kier alpha value is -2.12. The molecule has 0 aromatic carbocycles. The highest BCUT2D eigenvalue weighted by molar-refractivity contribution is 5.90. The molecule has 1 atom stereocenters. The van der Waals surface area contributed by atoms with Crippen LogP contribution in [0.3, 0.4) is 0 Å². The maximum atomic E-state index is 11.0. The normalized spacial score (nSPS) is 17.0. The fraction of sp³-hybridized carbons (Fsp3) is 0.529. The molecule has 2 aromatic heterocycles. The van der Waals surface area contributed by atoms with Crippen LogP contribution in [0, 0.1) is 0 Å². The molecule has 7 nitrogen and oxygen atoms in total. The van der Waals surface area contributed by atoms with Crippen molar-refractivity contribution in [3.63, 3.8) is 0 Å². The van der Waals surface area contributed by atoms with Gasteiger partial charge in [0.2, 0.25) is 5.88 Å². The number of aryl methyl sites for hydroxylation is 1. The first-order valence-electron chi connectivity index (χ1n) is 8.15. The molecule has 0 aliphatic heterocycles. The number of aromatic amines is 1. The van der Waals surface area contributed by atoms with Crippen molar-refractivity contribution in [2.75, 3.05) is 20.3 Å². The van der Waals surface area contributed by atoms with E-state index in [4.69, 9.17) is 19.3 Å². The van der Waals surface area contributed by atoms with Gasteiger partial charge < -0.3 is 24.3 Å². The molecular weight excluding hydrogens is 312 g/mol. The van der Waals surface area contributed by atoms with E-state index in [1.807, 2.05) is 6.92 Å². The van der Waals surface area contributed by atoms with Crippen LogP contribution in [0.1, 0.15) is 42.5 Å². The molecule has 0 amide bonds. The van der Waals surface area contributed by atoms with Crippen LogP contribution >= 0.6 is 0 Å². The minimum Gasteiger partial charge on any atom is -0.449 e. The van der Waals surface area contributed by atoms with Gasteiger partial charge in [0, 0.05) is 30.7 Å². The summed E-state index contributed by atoms with van der Waals surface area (Å²) in [6.07, 6.45) is 3.36. The van der Waals surface area contributed by atoms with Crippen LogP contribution < -0.4 is 4.74 Å². The average Bonchev–Trinajstić information content (AvgIpc) is 2.94. The zero-order valence-electron chi connectivity index (χ0n) is 13.9. The summed E-state index contributed by atoms with van der Waals surface area (Å²) in [5.41, 5.74) is 3.91. The highest BCUT2D eigenvalue weighted by Gasteiger charge is 2.28. The summed E-state index contributed by atoms with van der Waals surface area (Å²) in [7, 11) is 1.57. The van der Waals surface area contributed by atoms with Crippen LogP contribution in [0.25, 0.3) is 10.9 Å². The van der Waals surface area contributed by atoms with E-state index in [9.17, 15) is 4.79 Å². The second-order valence-corrected chi connectivity index (χ2v) is 5.90. The number of fused-ring (bicyclic) bond motifs is 3. The molecule has 2 N–H and O–H groups in total. The zero-order chi connectivity index (χ0) is 17.1. The molecule has 2 aromatic rings. The van der Waals surface area contributed by atoms with Crippen LogP contribution in [-0.4, -0.2) is 41.6 Å². The first kappa shape index (κ1) is 16.7. The maximum Gasteiger partial charge on any atom is 0.512 e. The Morgan fingerprint density at radius 2 is 2.33 bits per heavy atom. The minimum absolute atomic E-state index is 0.0828. The Morgan fingerprint density at radius 1 is 1.50 bits per heavy atom. The third kappa shape index (κ3) is 3.09. The lowest BCUT2D eigenvalue weighted by molar-refractivity contribution is 0.127. The Morgan fingerprint density at radius 3 is 3.04 bits per heavy atom. The molecule has 0 saturated heterocycles. The lowest BCUT2D eigenvalue weighted by atomic mass is 9.85. The monoisotopic (exact) mass is 334 g/mol. The predicted octanol–water partition coefficient (Wildman–Crippen LogP) is 3.22. The second-order valence-electron chi connectivity index (χ2n) is 5.90. The van der Waals surface area contributed by atoms with Crippen molar-refractivity contribution < 1.29 is 24.1 Å². The number of methoxy groups -OCH3 is 1. The summed E-state index contributed by atoms with van der Waals surface area (Å²) in [6, 6.07) is 0. The highest BCUT2D eigenvalue weighted by atomic mass is 16.7. The number of nitrogens with one attached hydrogen (secondary N) is 1. The maximum absolute atomic E-state index is 11.0. The average molecular weight is 334 g/mol. The molecule has 0 fully saturated rings. The van der Waals surface area contributed by atoms with E-state index in [1.54, 1.807) is 13.3 Å². The van der Waals surface area contributed by atoms with Gasteiger partial charge in [0.1, 0.15) is 0 Å². The van der Waals surface area contributed by atoms with E-state index >= 15 is 0 Å². The number of carbonyl (C=O) groups is 1. The number of hydrogen-bond donors (Lipinski definition) is 2. The van der Waals surface area contributed by atoms with Crippen LogP contribution in [-0.2, 0) is 22.5 Å². The molecule has 24 heavy (non-hydrogen) atoms. The molecule has 0 bridgehead atoms. The van der Waals surface area contributed by atoms with Crippen molar-refractivity contribution in [1.82, 2.24) is 9.97 Å². The summed E-state index contributed by atoms with van der Waals surface area (Å²) in [6.45, 7) is 3.55. The van der Waals surface area contributed by atoms with Crippen molar-refractivity contribution in [1.29, 1.82) is 0 Å². The third-order valence-electron chi connectivity index (χ3n) is 4.40. The number of H-pyrrole nitrogens is 1. The van der Waals surface area contributed by atoms with E-state index in [0.717, 1.165) is 30.2 Å². The van der Waals surface area contributed by atoms with Crippen LogP contribution in [0.2, 0.25) is 0 Å². The highest BCUT2D eigenvalue weighted by Crippen LogP contribution is 2.40. The molecule has 1 aliphatic rings. The van der Waals surface area contributed by atoms with Crippen molar-refractivity contribution >= 4 is 17.1 Å². The Bertz CT molecular complexity index is 740. The Labute approximate surface area is 139 Å². The second kappa shape index (κ2) is 7.19. The van der Waals surface area contributed by atoms with Crippen LogP contribution in [0.4, 0.5) is 4.79 Å². The lowest BCUT2D eigenvalue weighted by Gasteiger charge is -2.23. The molecule has 0 saturated carbocycles. The standard InChI is InChI=1S/C17H22N2O5/c1-3-23-8-10-5-4-6-12-14(10)15-11(9-22-2)16(24-17(20)21)18-7-13(15)19-12/h7,10,19H,3-6,8-9H2,1-2H3,(H,20,21). The predicted molar refractivity (Wildman–Crippen MR) is 87.6 cm³/mol. The Balaban J connectivity index is 2.16. The van der Waals surface area contributed by atoms with Gasteiger partial charge in [-0.25, -0.2) is 9.78 Å². The molecular formula is C17H22N2O5. The van der Waals surface area contributed by atoms with Crippen molar-refractivity contribution in [2.45, 2.75) is 38.7 Å². The summed E-state index contributed by atoms with van der Waals surface area (Å²) >= 11 is 0. The van der Waals surface area contributed by atoms with Crippen LogP contribution in [0.5, 0.6) is 5.88 Å². The van der Waals surface area contributed by atoms with Crippen molar-refractivity contribution in [3.8, 4) is 5.88 Å². The van der Waals surface area contributed by atoms with E-state index < -0.39 is 6.16 Å². The summed E-state index contributed by atoms with van der Waals surface area (Å²) < 4.78 is 15.8. The van der Waals surface area contributed by atoms with Gasteiger partial charge in [-0.2, -0.15) is 0 Å². The summed E-state index contributed by atoms with van der Waals surface area (Å²) in [4.78, 5) is 18.5. The van der Waals surface area contributed by atoms with Gasteiger partial charge in [0.15, 0.2) is 0 Å². The molecule has 130 valence electrons. The van der Waals surface area contributed by atoms with Gasteiger partial charge in [0.25, 0.3) is 0 Å². The van der Waals surface area contributed by atoms with E-state index in [2.05, 4.69) is 9.97 Å². The van der Waals surface area contributed by atoms with Gasteiger partial charge >= 0.3 is 6.16 Å². The number of ether oxygens (including phenoxy) is 3. The first-order chi connectivity index (χ1) is 11.7. The van der Waals surface area contributed by atoms with Gasteiger partial charge in [-0.05, 0) is 31.7 Å². The molecule has 3 rings (SSSR count). The van der Waals surface area contributed by atoms with Crippen molar-refractivity contribution in [3.05, 3.63) is 23.0 Å². The van der Waals surface area contributed by atoms with Gasteiger partial charge in [-0.1, -0.05) is 0 Å². The van der Waals surface area contributed by atoms with Gasteiger partial charge in [-0.15, -0.1) is 0 Å². The molecule has 0 radical (unpaired) electrons. The largest absolute Gasteiger partial charge is 0.512 e. The lowest BCUT2D eigenvalue weighted by Crippen LogP contribution is -2.15. The van der Waals surface area contributed by atoms with E-state index in [0.29, 0.717) is 18.8 Å². The summed E-state index contributed by atoms with van der Waals surface area (Å²) in [5, 5.41) is 9.92. The molecule has 1 aliphatic carbocycles. The summed E-state index contributed by atoms with van der Waals surface area (Å²) in [5.74, 6) is 0.359. The quantitative estimate of drug-likeness (QED) is 0.788. The Kier molecular flexibility index (Phi) is 5.01. The van der Waals surface area contributed by atoms with E-state index in [1.165, 1.54) is 11.3 Å². The van der Waals surface area contributed by atoms with Crippen LogP contribution in [0.15, 0.2) is 6.20 Å². The number of aromatic nitrogens is 2. The number of nitrogens with zero attached hydrogens (tertiary/aromatic N) is 1. The smallest absolute Gasteiger partial charge is 0.449 e. The van der Waals surface area contributed by atoms with Gasteiger partial charge in [0.05, 0.1) is 30.5 Å². The fourth-order valence-electron chi connectivity index (χ4n) is 3.51. The molecule has 0 spiro atoms. The number of carboxylic acid groups (broad SMARTS) is 1. The third-order valence-corrected chi connectivity index (χ3v) is 4.40.